The summed E-state index contributed by atoms with van der Waals surface area (Å²) >= 11 is 0. The summed E-state index contributed by atoms with van der Waals surface area (Å²) in [5, 5.41) is 9.63. The van der Waals surface area contributed by atoms with Crippen LogP contribution in [0.25, 0.3) is 0 Å². The van der Waals surface area contributed by atoms with E-state index in [0.717, 1.165) is 24.3 Å². The summed E-state index contributed by atoms with van der Waals surface area (Å²) in [6, 6.07) is 9.44. The second-order valence-electron chi connectivity index (χ2n) is 7.66. The number of carbonyl (C=O) groups excluding carboxylic acids is 1. The molecule has 0 radical (unpaired) electrons. The molecule has 23 heavy (non-hydrogen) atoms. The Bertz CT molecular complexity index is 541. The lowest BCUT2D eigenvalue weighted by Crippen LogP contribution is -2.33. The van der Waals surface area contributed by atoms with Gasteiger partial charge in [-0.1, -0.05) is 57.0 Å². The molecule has 0 aliphatic heterocycles. The molecule has 5 atom stereocenters. The highest BCUT2D eigenvalue weighted by atomic mass is 16.5. The topological polar surface area (TPSA) is 46.5 Å². The van der Waals surface area contributed by atoms with E-state index in [2.05, 4.69) is 13.8 Å². The van der Waals surface area contributed by atoms with Crippen molar-refractivity contribution in [3.63, 3.8) is 0 Å². The number of esters is 1. The molecule has 0 bridgehead atoms. The van der Waals surface area contributed by atoms with Crippen LogP contribution in [0.4, 0.5) is 0 Å². The highest BCUT2D eigenvalue weighted by Crippen LogP contribution is 2.64. The van der Waals surface area contributed by atoms with Crippen molar-refractivity contribution in [1.82, 2.24) is 0 Å². The van der Waals surface area contributed by atoms with Crippen molar-refractivity contribution in [3.05, 3.63) is 35.9 Å². The summed E-state index contributed by atoms with van der Waals surface area (Å²) < 4.78 is 5.84. The Labute approximate surface area is 139 Å². The molecule has 3 rings (SSSR count). The standard InChI is InChI=1S/C20H28O3/c1-3-7-15-10-16(11-20(2)12-18(15)20)23-19(22)17(13-21)14-8-5-4-6-9-14/h4-6,8-9,15-18,21H,3,7,10-13H2,1-2H3/t15?,16?,17?,18-,20+/m1/s1. The first-order valence-corrected chi connectivity index (χ1v) is 8.93. The lowest BCUT2D eigenvalue weighted by atomic mass is 9.78. The minimum Gasteiger partial charge on any atom is -0.462 e. The molecule has 3 nitrogen and oxygen atoms in total. The van der Waals surface area contributed by atoms with Gasteiger partial charge < -0.3 is 9.84 Å². The van der Waals surface area contributed by atoms with Crippen molar-refractivity contribution in [2.24, 2.45) is 17.3 Å². The van der Waals surface area contributed by atoms with Gasteiger partial charge in [-0.3, -0.25) is 4.79 Å². The van der Waals surface area contributed by atoms with E-state index in [4.69, 9.17) is 4.74 Å². The molecule has 0 saturated heterocycles. The predicted octanol–water partition coefficient (Wildman–Crippen LogP) is 3.91. The van der Waals surface area contributed by atoms with E-state index in [-0.39, 0.29) is 18.7 Å². The van der Waals surface area contributed by atoms with Gasteiger partial charge in [-0.2, -0.15) is 0 Å². The van der Waals surface area contributed by atoms with Gasteiger partial charge in [0.05, 0.1) is 6.61 Å². The third-order valence-corrected chi connectivity index (χ3v) is 5.86. The predicted molar refractivity (Wildman–Crippen MR) is 90.0 cm³/mol. The van der Waals surface area contributed by atoms with Crippen LogP contribution in [-0.4, -0.2) is 23.8 Å². The van der Waals surface area contributed by atoms with E-state index in [1.165, 1.54) is 19.3 Å². The quantitative estimate of drug-likeness (QED) is 0.809. The zero-order valence-corrected chi connectivity index (χ0v) is 14.2. The smallest absolute Gasteiger partial charge is 0.316 e. The number of aliphatic hydroxyl groups excluding tert-OH is 1. The molecule has 2 aliphatic carbocycles. The second-order valence-corrected chi connectivity index (χ2v) is 7.66. The Kier molecular flexibility index (Phi) is 4.77. The monoisotopic (exact) mass is 316 g/mol. The van der Waals surface area contributed by atoms with Gasteiger partial charge in [-0.25, -0.2) is 0 Å². The molecule has 3 unspecified atom stereocenters. The van der Waals surface area contributed by atoms with Gasteiger partial charge in [-0.15, -0.1) is 0 Å². The molecule has 1 aromatic carbocycles. The molecular weight excluding hydrogens is 288 g/mol. The number of rotatable bonds is 6. The number of ether oxygens (including phenoxy) is 1. The molecule has 2 saturated carbocycles. The van der Waals surface area contributed by atoms with Gasteiger partial charge in [0.2, 0.25) is 0 Å². The van der Waals surface area contributed by atoms with Crippen molar-refractivity contribution in [2.75, 3.05) is 6.61 Å². The van der Waals surface area contributed by atoms with E-state index in [1.807, 2.05) is 30.3 Å². The van der Waals surface area contributed by atoms with E-state index in [0.29, 0.717) is 11.3 Å². The van der Waals surface area contributed by atoms with Gasteiger partial charge in [-0.05, 0) is 42.1 Å². The zero-order chi connectivity index (χ0) is 16.4. The van der Waals surface area contributed by atoms with E-state index < -0.39 is 5.92 Å². The summed E-state index contributed by atoms with van der Waals surface area (Å²) in [5.41, 5.74) is 1.21. The molecular formula is C20H28O3. The van der Waals surface area contributed by atoms with Crippen LogP contribution in [0.2, 0.25) is 0 Å². The van der Waals surface area contributed by atoms with Gasteiger partial charge in [0.1, 0.15) is 12.0 Å². The summed E-state index contributed by atoms with van der Waals surface area (Å²) in [5.74, 6) is 0.688. The Morgan fingerprint density at radius 2 is 2.09 bits per heavy atom. The first-order valence-electron chi connectivity index (χ1n) is 8.93. The molecule has 0 aromatic heterocycles. The van der Waals surface area contributed by atoms with Crippen molar-refractivity contribution < 1.29 is 14.6 Å². The zero-order valence-electron chi connectivity index (χ0n) is 14.2. The summed E-state index contributed by atoms with van der Waals surface area (Å²) in [4.78, 5) is 12.5. The van der Waals surface area contributed by atoms with Crippen molar-refractivity contribution in [2.45, 2.75) is 58.0 Å². The van der Waals surface area contributed by atoms with Crippen LogP contribution in [0, 0.1) is 17.3 Å². The Morgan fingerprint density at radius 1 is 1.35 bits per heavy atom. The minimum atomic E-state index is -0.564. The van der Waals surface area contributed by atoms with Crippen LogP contribution in [-0.2, 0) is 9.53 Å². The maximum absolute atomic E-state index is 12.5. The third kappa shape index (κ3) is 3.45. The number of aliphatic hydroxyl groups is 1. The van der Waals surface area contributed by atoms with E-state index in [9.17, 15) is 9.90 Å². The Hall–Kier alpha value is -1.35. The van der Waals surface area contributed by atoms with Gasteiger partial charge in [0, 0.05) is 0 Å². The fourth-order valence-corrected chi connectivity index (χ4v) is 4.55. The van der Waals surface area contributed by atoms with Crippen molar-refractivity contribution in [1.29, 1.82) is 0 Å². The molecule has 1 N–H and O–H groups in total. The Balaban J connectivity index is 1.65. The average molecular weight is 316 g/mol. The van der Waals surface area contributed by atoms with Crippen LogP contribution in [0.5, 0.6) is 0 Å². The first kappa shape index (κ1) is 16.5. The number of hydrogen-bond donors (Lipinski definition) is 1. The van der Waals surface area contributed by atoms with Crippen LogP contribution >= 0.6 is 0 Å². The maximum atomic E-state index is 12.5. The van der Waals surface area contributed by atoms with Crippen LogP contribution in [0.3, 0.4) is 0 Å². The lowest BCUT2D eigenvalue weighted by molar-refractivity contribution is -0.155. The van der Waals surface area contributed by atoms with E-state index in [1.54, 1.807) is 0 Å². The Morgan fingerprint density at radius 3 is 2.74 bits per heavy atom. The van der Waals surface area contributed by atoms with Gasteiger partial charge in [0.25, 0.3) is 0 Å². The number of hydrogen-bond acceptors (Lipinski definition) is 3. The largest absolute Gasteiger partial charge is 0.462 e. The molecule has 3 heteroatoms. The van der Waals surface area contributed by atoms with Crippen LogP contribution in [0.15, 0.2) is 30.3 Å². The first-order chi connectivity index (χ1) is 11.1. The molecule has 0 amide bonds. The fourth-order valence-electron chi connectivity index (χ4n) is 4.55. The molecule has 0 spiro atoms. The highest BCUT2D eigenvalue weighted by Gasteiger charge is 2.58. The summed E-state index contributed by atoms with van der Waals surface area (Å²) in [7, 11) is 0. The van der Waals surface area contributed by atoms with E-state index >= 15 is 0 Å². The van der Waals surface area contributed by atoms with Crippen LogP contribution in [0.1, 0.15) is 57.4 Å². The highest BCUT2D eigenvalue weighted by molar-refractivity contribution is 5.78. The number of carbonyl (C=O) groups is 1. The SMILES string of the molecule is CCCC1CC(OC(=O)C(CO)c2ccccc2)C[C@@]2(C)C[C@H]12. The summed E-state index contributed by atoms with van der Waals surface area (Å²) in [6.07, 6.45) is 5.70. The average Bonchev–Trinajstić information content (AvgIpc) is 3.21. The normalized spacial score (nSPS) is 33.6. The number of fused-ring (bicyclic) bond motifs is 1. The maximum Gasteiger partial charge on any atom is 0.316 e. The molecule has 2 aliphatic rings. The summed E-state index contributed by atoms with van der Waals surface area (Å²) in [6.45, 7) is 4.36. The molecule has 0 heterocycles. The lowest BCUT2D eigenvalue weighted by Gasteiger charge is -2.33. The minimum absolute atomic E-state index is 0.0144. The number of benzene rings is 1. The third-order valence-electron chi connectivity index (χ3n) is 5.86. The fraction of sp³-hybridized carbons (Fsp3) is 0.650. The van der Waals surface area contributed by atoms with Crippen LogP contribution < -0.4 is 0 Å². The van der Waals surface area contributed by atoms with Gasteiger partial charge in [0.15, 0.2) is 0 Å². The van der Waals surface area contributed by atoms with Crippen molar-refractivity contribution in [3.8, 4) is 0 Å². The molecule has 126 valence electrons. The van der Waals surface area contributed by atoms with Gasteiger partial charge >= 0.3 is 5.97 Å². The molecule has 2 fully saturated rings. The second kappa shape index (κ2) is 6.64. The van der Waals surface area contributed by atoms with Crippen molar-refractivity contribution >= 4 is 5.97 Å². The molecule has 1 aromatic rings.